The SMILES string of the molecule is CC#CNCCCc1ccc(F)cc1. The number of aryl methyl sites for hydroxylation is 1. The van der Waals surface area contributed by atoms with Crippen LogP contribution in [0.2, 0.25) is 0 Å². The van der Waals surface area contributed by atoms with E-state index in [0.717, 1.165) is 24.9 Å². The smallest absolute Gasteiger partial charge is 0.123 e. The van der Waals surface area contributed by atoms with Gasteiger partial charge in [0.15, 0.2) is 0 Å². The predicted octanol–water partition coefficient (Wildman–Crippen LogP) is 2.33. The van der Waals surface area contributed by atoms with Gasteiger partial charge in [0.05, 0.1) is 0 Å². The van der Waals surface area contributed by atoms with Gasteiger partial charge in [0.25, 0.3) is 0 Å². The average Bonchev–Trinajstić information content (AvgIpc) is 2.21. The van der Waals surface area contributed by atoms with E-state index < -0.39 is 0 Å². The molecule has 0 aromatic heterocycles. The molecule has 74 valence electrons. The fourth-order valence-electron chi connectivity index (χ4n) is 1.18. The third-order valence-corrected chi connectivity index (χ3v) is 1.89. The fourth-order valence-corrected chi connectivity index (χ4v) is 1.18. The summed E-state index contributed by atoms with van der Waals surface area (Å²) >= 11 is 0. The van der Waals surface area contributed by atoms with Crippen molar-refractivity contribution in [1.82, 2.24) is 5.32 Å². The van der Waals surface area contributed by atoms with Crippen LogP contribution in [0.4, 0.5) is 4.39 Å². The van der Waals surface area contributed by atoms with Gasteiger partial charge in [0.2, 0.25) is 0 Å². The van der Waals surface area contributed by atoms with Gasteiger partial charge in [-0.25, -0.2) is 4.39 Å². The summed E-state index contributed by atoms with van der Waals surface area (Å²) in [5, 5.41) is 2.98. The minimum absolute atomic E-state index is 0.177. The molecule has 0 bridgehead atoms. The lowest BCUT2D eigenvalue weighted by Crippen LogP contribution is -2.08. The van der Waals surface area contributed by atoms with Gasteiger partial charge in [0.1, 0.15) is 5.82 Å². The Bertz CT molecular complexity index is 318. The molecule has 0 aliphatic heterocycles. The van der Waals surface area contributed by atoms with Gasteiger partial charge in [-0.2, -0.15) is 0 Å². The maximum Gasteiger partial charge on any atom is 0.123 e. The molecule has 2 heteroatoms. The third kappa shape index (κ3) is 3.95. The molecule has 1 nitrogen and oxygen atoms in total. The minimum atomic E-state index is -0.177. The van der Waals surface area contributed by atoms with Crippen LogP contribution in [0.3, 0.4) is 0 Å². The topological polar surface area (TPSA) is 12.0 Å². The normalized spacial score (nSPS) is 9.00. The number of hydrogen-bond donors (Lipinski definition) is 1. The van der Waals surface area contributed by atoms with Crippen LogP contribution in [0.15, 0.2) is 24.3 Å². The standard InChI is InChI=1S/C12H14FN/c1-2-9-14-10-3-4-11-5-7-12(13)8-6-11/h5-8,14H,3-4,10H2,1H3. The highest BCUT2D eigenvalue weighted by atomic mass is 19.1. The van der Waals surface area contributed by atoms with Gasteiger partial charge in [-0.15, -0.1) is 0 Å². The molecular weight excluding hydrogens is 177 g/mol. The molecule has 0 amide bonds. The van der Waals surface area contributed by atoms with Crippen molar-refractivity contribution in [3.8, 4) is 12.0 Å². The summed E-state index contributed by atoms with van der Waals surface area (Å²) < 4.78 is 12.5. The molecule has 1 rings (SSSR count). The van der Waals surface area contributed by atoms with Crippen LogP contribution in [0.1, 0.15) is 18.9 Å². The van der Waals surface area contributed by atoms with Crippen molar-refractivity contribution in [1.29, 1.82) is 0 Å². The molecule has 0 fully saturated rings. The lowest BCUT2D eigenvalue weighted by Gasteiger charge is -2.00. The number of benzene rings is 1. The van der Waals surface area contributed by atoms with E-state index in [2.05, 4.69) is 17.3 Å². The molecule has 0 atom stereocenters. The highest BCUT2D eigenvalue weighted by Gasteiger charge is 1.93. The quantitative estimate of drug-likeness (QED) is 0.437. The van der Waals surface area contributed by atoms with E-state index >= 15 is 0 Å². The molecule has 1 N–H and O–H groups in total. The maximum atomic E-state index is 12.5. The zero-order valence-electron chi connectivity index (χ0n) is 8.31. The van der Waals surface area contributed by atoms with Crippen LogP contribution < -0.4 is 5.32 Å². The van der Waals surface area contributed by atoms with Crippen molar-refractivity contribution >= 4 is 0 Å². The predicted molar refractivity (Wildman–Crippen MR) is 56.2 cm³/mol. The van der Waals surface area contributed by atoms with Crippen LogP contribution in [-0.2, 0) is 6.42 Å². The molecule has 14 heavy (non-hydrogen) atoms. The van der Waals surface area contributed by atoms with Crippen molar-refractivity contribution in [2.45, 2.75) is 19.8 Å². The second-order valence-electron chi connectivity index (χ2n) is 3.03. The van der Waals surface area contributed by atoms with Crippen molar-refractivity contribution in [2.24, 2.45) is 0 Å². The van der Waals surface area contributed by atoms with Gasteiger partial charge >= 0.3 is 0 Å². The number of hydrogen-bond acceptors (Lipinski definition) is 1. The molecule has 0 aliphatic rings. The molecule has 0 heterocycles. The first-order valence-corrected chi connectivity index (χ1v) is 4.72. The molecule has 0 spiro atoms. The molecule has 0 aliphatic carbocycles. The van der Waals surface area contributed by atoms with E-state index in [9.17, 15) is 4.39 Å². The van der Waals surface area contributed by atoms with Crippen molar-refractivity contribution in [2.75, 3.05) is 6.54 Å². The van der Waals surface area contributed by atoms with Gasteiger partial charge < -0.3 is 5.32 Å². The van der Waals surface area contributed by atoms with E-state index in [0.29, 0.717) is 0 Å². The van der Waals surface area contributed by atoms with Crippen LogP contribution in [0, 0.1) is 17.8 Å². The van der Waals surface area contributed by atoms with E-state index in [1.807, 2.05) is 12.1 Å². The summed E-state index contributed by atoms with van der Waals surface area (Å²) in [5.41, 5.74) is 1.16. The molecule has 1 aromatic rings. The van der Waals surface area contributed by atoms with Gasteiger partial charge in [-0.1, -0.05) is 18.1 Å². The Morgan fingerprint density at radius 1 is 1.29 bits per heavy atom. The summed E-state index contributed by atoms with van der Waals surface area (Å²) in [5.74, 6) is 2.59. The number of rotatable bonds is 4. The second kappa shape index (κ2) is 6.04. The Morgan fingerprint density at radius 3 is 2.64 bits per heavy atom. The van der Waals surface area contributed by atoms with E-state index in [-0.39, 0.29) is 5.82 Å². The average molecular weight is 191 g/mol. The Hall–Kier alpha value is -1.49. The highest BCUT2D eigenvalue weighted by molar-refractivity contribution is 5.16. The highest BCUT2D eigenvalue weighted by Crippen LogP contribution is 2.04. The Labute approximate surface area is 84.3 Å². The summed E-state index contributed by atoms with van der Waals surface area (Å²) in [6, 6.07) is 9.41. The first kappa shape index (κ1) is 10.6. The van der Waals surface area contributed by atoms with Crippen molar-refractivity contribution in [3.63, 3.8) is 0 Å². The minimum Gasteiger partial charge on any atom is -0.346 e. The maximum absolute atomic E-state index is 12.5. The summed E-state index contributed by atoms with van der Waals surface area (Å²) in [7, 11) is 0. The summed E-state index contributed by atoms with van der Waals surface area (Å²) in [6.45, 7) is 2.67. The molecular formula is C12H14FN. The summed E-state index contributed by atoms with van der Waals surface area (Å²) in [4.78, 5) is 0. The van der Waals surface area contributed by atoms with E-state index in [4.69, 9.17) is 0 Å². The Balaban J connectivity index is 2.23. The largest absolute Gasteiger partial charge is 0.346 e. The lowest BCUT2D eigenvalue weighted by atomic mass is 10.1. The van der Waals surface area contributed by atoms with Crippen LogP contribution in [0.5, 0.6) is 0 Å². The van der Waals surface area contributed by atoms with Gasteiger partial charge in [-0.3, -0.25) is 0 Å². The molecule has 0 saturated heterocycles. The van der Waals surface area contributed by atoms with E-state index in [1.165, 1.54) is 12.1 Å². The first-order valence-electron chi connectivity index (χ1n) is 4.72. The van der Waals surface area contributed by atoms with Gasteiger partial charge in [0, 0.05) is 12.6 Å². The molecule has 0 saturated carbocycles. The van der Waals surface area contributed by atoms with Crippen LogP contribution in [-0.4, -0.2) is 6.54 Å². The summed E-state index contributed by atoms with van der Waals surface area (Å²) in [6.07, 6.45) is 1.97. The third-order valence-electron chi connectivity index (χ3n) is 1.89. The number of nitrogens with one attached hydrogen (secondary N) is 1. The molecule has 0 radical (unpaired) electrons. The van der Waals surface area contributed by atoms with Crippen LogP contribution >= 0.6 is 0 Å². The van der Waals surface area contributed by atoms with Crippen molar-refractivity contribution in [3.05, 3.63) is 35.6 Å². The first-order chi connectivity index (χ1) is 6.83. The van der Waals surface area contributed by atoms with Crippen molar-refractivity contribution < 1.29 is 4.39 Å². The Kier molecular flexibility index (Phi) is 4.57. The zero-order chi connectivity index (χ0) is 10.2. The number of halogens is 1. The fraction of sp³-hybridized carbons (Fsp3) is 0.333. The molecule has 1 aromatic carbocycles. The lowest BCUT2D eigenvalue weighted by molar-refractivity contribution is 0.626. The second-order valence-corrected chi connectivity index (χ2v) is 3.03. The zero-order valence-corrected chi connectivity index (χ0v) is 8.31. The van der Waals surface area contributed by atoms with E-state index in [1.54, 1.807) is 6.92 Å². The van der Waals surface area contributed by atoms with Crippen LogP contribution in [0.25, 0.3) is 0 Å². The van der Waals surface area contributed by atoms with Gasteiger partial charge in [-0.05, 0) is 37.5 Å². The Morgan fingerprint density at radius 2 is 2.00 bits per heavy atom. The monoisotopic (exact) mass is 191 g/mol. The molecule has 0 unspecified atom stereocenters.